The van der Waals surface area contributed by atoms with Crippen molar-refractivity contribution in [2.24, 2.45) is 5.92 Å². The molecule has 1 aliphatic carbocycles. The maximum atomic E-state index is 11.3. The van der Waals surface area contributed by atoms with Crippen molar-refractivity contribution in [1.82, 2.24) is 4.90 Å². The van der Waals surface area contributed by atoms with Crippen molar-refractivity contribution >= 4 is 9.84 Å². The quantitative estimate of drug-likeness (QED) is 0.719. The molecule has 1 saturated heterocycles. The molecule has 0 aromatic carbocycles. The highest BCUT2D eigenvalue weighted by molar-refractivity contribution is 7.91. The first-order chi connectivity index (χ1) is 7.16. The van der Waals surface area contributed by atoms with Gasteiger partial charge < -0.3 is 4.90 Å². The second-order valence-electron chi connectivity index (χ2n) is 4.96. The summed E-state index contributed by atoms with van der Waals surface area (Å²) in [6, 6.07) is 0. The monoisotopic (exact) mass is 231 g/mol. The third-order valence-electron chi connectivity index (χ3n) is 3.68. The van der Waals surface area contributed by atoms with E-state index in [1.54, 1.807) is 0 Å². The minimum Gasteiger partial charge on any atom is -0.301 e. The molecule has 0 aromatic rings. The number of sulfone groups is 1. The van der Waals surface area contributed by atoms with E-state index in [1.807, 2.05) is 0 Å². The van der Waals surface area contributed by atoms with Gasteiger partial charge in [0, 0.05) is 19.6 Å². The summed E-state index contributed by atoms with van der Waals surface area (Å²) in [5.41, 5.74) is 0. The Bertz CT molecular complexity index is 280. The summed E-state index contributed by atoms with van der Waals surface area (Å²) < 4.78 is 22.5. The maximum absolute atomic E-state index is 11.3. The molecular weight excluding hydrogens is 210 g/mol. The Balaban J connectivity index is 1.76. The molecule has 4 heteroatoms. The molecule has 0 bridgehead atoms. The fraction of sp³-hybridized carbons (Fsp3) is 1.00. The minimum atomic E-state index is -2.70. The normalized spacial score (nSPS) is 29.1. The van der Waals surface area contributed by atoms with Gasteiger partial charge in [-0.15, -0.1) is 0 Å². The summed E-state index contributed by atoms with van der Waals surface area (Å²) in [6.45, 7) is 2.66. The molecule has 1 heterocycles. The van der Waals surface area contributed by atoms with E-state index in [2.05, 4.69) is 4.90 Å². The second kappa shape index (κ2) is 4.83. The lowest BCUT2D eigenvalue weighted by Crippen LogP contribution is -2.42. The van der Waals surface area contributed by atoms with Gasteiger partial charge in [0.2, 0.25) is 0 Å². The van der Waals surface area contributed by atoms with Crippen LogP contribution in [-0.2, 0) is 9.84 Å². The van der Waals surface area contributed by atoms with Crippen molar-refractivity contribution in [2.45, 2.75) is 32.1 Å². The summed E-state index contributed by atoms with van der Waals surface area (Å²) in [6.07, 6.45) is 6.84. The van der Waals surface area contributed by atoms with Crippen LogP contribution in [0.2, 0.25) is 0 Å². The van der Waals surface area contributed by atoms with Crippen molar-refractivity contribution in [3.63, 3.8) is 0 Å². The summed E-state index contributed by atoms with van der Waals surface area (Å²) in [4.78, 5) is 2.34. The Kier molecular flexibility index (Phi) is 3.67. The third-order valence-corrected chi connectivity index (χ3v) is 5.29. The average molecular weight is 231 g/mol. The molecule has 2 rings (SSSR count). The van der Waals surface area contributed by atoms with Gasteiger partial charge in [0.25, 0.3) is 0 Å². The zero-order chi connectivity index (χ0) is 10.7. The molecule has 3 nitrogen and oxygen atoms in total. The molecule has 0 atom stereocenters. The smallest absolute Gasteiger partial charge is 0.152 e. The van der Waals surface area contributed by atoms with Crippen molar-refractivity contribution in [3.8, 4) is 0 Å². The molecule has 1 aliphatic heterocycles. The second-order valence-corrected chi connectivity index (χ2v) is 7.26. The molecule has 15 heavy (non-hydrogen) atoms. The van der Waals surface area contributed by atoms with Gasteiger partial charge >= 0.3 is 0 Å². The van der Waals surface area contributed by atoms with E-state index in [4.69, 9.17) is 0 Å². The van der Waals surface area contributed by atoms with Crippen molar-refractivity contribution in [2.75, 3.05) is 31.1 Å². The first kappa shape index (κ1) is 11.4. The van der Waals surface area contributed by atoms with Gasteiger partial charge in [0.1, 0.15) is 0 Å². The van der Waals surface area contributed by atoms with E-state index in [1.165, 1.54) is 32.1 Å². The molecule has 0 radical (unpaired) electrons. The molecule has 0 aromatic heterocycles. The maximum Gasteiger partial charge on any atom is 0.152 e. The average Bonchev–Trinajstić information content (AvgIpc) is 2.23. The Labute approximate surface area is 92.8 Å². The predicted molar refractivity (Wildman–Crippen MR) is 61.7 cm³/mol. The van der Waals surface area contributed by atoms with Gasteiger partial charge in [-0.05, 0) is 18.8 Å². The summed E-state index contributed by atoms with van der Waals surface area (Å²) in [7, 11) is -2.70. The first-order valence-corrected chi connectivity index (χ1v) is 7.91. The van der Waals surface area contributed by atoms with E-state index in [9.17, 15) is 8.42 Å². The highest BCUT2D eigenvalue weighted by Gasteiger charge is 2.24. The highest BCUT2D eigenvalue weighted by Crippen LogP contribution is 2.24. The Morgan fingerprint density at radius 1 is 1.00 bits per heavy atom. The number of rotatable bonds is 2. The van der Waals surface area contributed by atoms with Crippen LogP contribution in [0.4, 0.5) is 0 Å². The van der Waals surface area contributed by atoms with E-state index in [0.29, 0.717) is 11.5 Å². The molecule has 88 valence electrons. The van der Waals surface area contributed by atoms with Crippen LogP contribution in [0.5, 0.6) is 0 Å². The molecule has 0 unspecified atom stereocenters. The Hall–Kier alpha value is -0.0900. The lowest BCUT2D eigenvalue weighted by atomic mass is 9.89. The van der Waals surface area contributed by atoms with Gasteiger partial charge in [-0.25, -0.2) is 8.42 Å². The fourth-order valence-corrected chi connectivity index (χ4v) is 3.94. The molecule has 2 aliphatic rings. The van der Waals surface area contributed by atoms with Crippen molar-refractivity contribution in [3.05, 3.63) is 0 Å². The van der Waals surface area contributed by atoms with Gasteiger partial charge in [-0.1, -0.05) is 19.3 Å². The van der Waals surface area contributed by atoms with E-state index in [0.717, 1.165) is 25.6 Å². The van der Waals surface area contributed by atoms with Crippen LogP contribution in [0.3, 0.4) is 0 Å². The van der Waals surface area contributed by atoms with E-state index >= 15 is 0 Å². The topological polar surface area (TPSA) is 37.4 Å². The van der Waals surface area contributed by atoms with E-state index in [-0.39, 0.29) is 0 Å². The van der Waals surface area contributed by atoms with Gasteiger partial charge in [-0.3, -0.25) is 0 Å². The number of nitrogens with zero attached hydrogens (tertiary/aromatic N) is 1. The van der Waals surface area contributed by atoms with Gasteiger partial charge in [-0.2, -0.15) is 0 Å². The summed E-state index contributed by atoms with van der Waals surface area (Å²) in [5.74, 6) is 1.58. The molecular formula is C11H21NO2S. The minimum absolute atomic E-state index is 0.375. The fourth-order valence-electron chi connectivity index (χ4n) is 2.67. The molecule has 2 fully saturated rings. The lowest BCUT2D eigenvalue weighted by Gasteiger charge is -2.31. The van der Waals surface area contributed by atoms with Crippen LogP contribution in [0.25, 0.3) is 0 Å². The molecule has 0 spiro atoms. The van der Waals surface area contributed by atoms with E-state index < -0.39 is 9.84 Å². The van der Waals surface area contributed by atoms with Crippen LogP contribution >= 0.6 is 0 Å². The Morgan fingerprint density at radius 2 is 1.60 bits per heavy atom. The predicted octanol–water partition coefficient (Wildman–Crippen LogP) is 1.30. The van der Waals surface area contributed by atoms with Gasteiger partial charge in [0.05, 0.1) is 11.5 Å². The van der Waals surface area contributed by atoms with Crippen LogP contribution in [0, 0.1) is 5.92 Å². The van der Waals surface area contributed by atoms with Crippen molar-refractivity contribution in [1.29, 1.82) is 0 Å². The number of hydrogen-bond acceptors (Lipinski definition) is 3. The SMILES string of the molecule is O=S1(=O)CCN(CC2CCCCC2)CC1. The van der Waals surface area contributed by atoms with Crippen molar-refractivity contribution < 1.29 is 8.42 Å². The molecule has 1 saturated carbocycles. The van der Waals surface area contributed by atoms with Crippen LogP contribution in [-0.4, -0.2) is 44.5 Å². The zero-order valence-corrected chi connectivity index (χ0v) is 10.1. The Morgan fingerprint density at radius 3 is 2.20 bits per heavy atom. The largest absolute Gasteiger partial charge is 0.301 e. The van der Waals surface area contributed by atoms with Crippen LogP contribution in [0.1, 0.15) is 32.1 Å². The summed E-state index contributed by atoms with van der Waals surface area (Å²) in [5, 5.41) is 0. The van der Waals surface area contributed by atoms with Gasteiger partial charge in [0.15, 0.2) is 9.84 Å². The molecule has 0 amide bonds. The zero-order valence-electron chi connectivity index (χ0n) is 9.32. The summed E-state index contributed by atoms with van der Waals surface area (Å²) >= 11 is 0. The molecule has 0 N–H and O–H groups in total. The first-order valence-electron chi connectivity index (χ1n) is 6.08. The highest BCUT2D eigenvalue weighted by atomic mass is 32.2. The third kappa shape index (κ3) is 3.45. The number of hydrogen-bond donors (Lipinski definition) is 0. The standard InChI is InChI=1S/C11H21NO2S/c13-15(14)8-6-12(7-9-15)10-11-4-2-1-3-5-11/h11H,1-10H2. The lowest BCUT2D eigenvalue weighted by molar-refractivity contribution is 0.213. The van der Waals surface area contributed by atoms with Crippen LogP contribution in [0.15, 0.2) is 0 Å². The van der Waals surface area contributed by atoms with Crippen LogP contribution < -0.4 is 0 Å².